The molecule has 6 heteroatoms. The maximum Gasteiger partial charge on any atom is 0.251 e. The fraction of sp³-hybridized carbons (Fsp3) is 0.211. The molecule has 2 heterocycles. The van der Waals surface area contributed by atoms with E-state index in [1.807, 2.05) is 42.1 Å². The summed E-state index contributed by atoms with van der Waals surface area (Å²) >= 11 is 0. The predicted molar refractivity (Wildman–Crippen MR) is 92.8 cm³/mol. The highest BCUT2D eigenvalue weighted by Gasteiger charge is 2.18. The van der Waals surface area contributed by atoms with E-state index in [1.54, 1.807) is 18.2 Å². The van der Waals surface area contributed by atoms with Crippen molar-refractivity contribution in [3.8, 4) is 11.5 Å². The van der Waals surface area contributed by atoms with Gasteiger partial charge in [0.2, 0.25) is 6.79 Å². The lowest BCUT2D eigenvalue weighted by molar-refractivity contribution is 0.0916. The molecule has 0 bridgehead atoms. The number of aliphatic hydroxyl groups is 1. The van der Waals surface area contributed by atoms with Crippen LogP contribution in [0.1, 0.15) is 22.0 Å². The molecule has 128 valence electrons. The maximum absolute atomic E-state index is 12.3. The molecule has 0 saturated heterocycles. The second-order valence-corrected chi connectivity index (χ2v) is 6.01. The van der Waals surface area contributed by atoms with Crippen molar-refractivity contribution < 1.29 is 19.4 Å². The number of benzene rings is 2. The van der Waals surface area contributed by atoms with Crippen molar-refractivity contribution in [3.05, 3.63) is 59.8 Å². The van der Waals surface area contributed by atoms with E-state index in [2.05, 4.69) is 5.32 Å². The van der Waals surface area contributed by atoms with E-state index in [-0.39, 0.29) is 19.2 Å². The van der Waals surface area contributed by atoms with E-state index >= 15 is 0 Å². The second kappa shape index (κ2) is 6.14. The molecule has 2 aromatic carbocycles. The first-order valence-electron chi connectivity index (χ1n) is 8.03. The summed E-state index contributed by atoms with van der Waals surface area (Å²) in [6.07, 6.45) is 1.10. The van der Waals surface area contributed by atoms with E-state index in [0.29, 0.717) is 17.1 Å². The predicted octanol–water partition coefficient (Wildman–Crippen LogP) is 2.37. The molecule has 1 aromatic heterocycles. The molecule has 1 aliphatic heterocycles. The molecule has 1 unspecified atom stereocenters. The van der Waals surface area contributed by atoms with Gasteiger partial charge in [0.15, 0.2) is 11.5 Å². The summed E-state index contributed by atoms with van der Waals surface area (Å²) in [6, 6.07) is 12.9. The molecule has 0 fully saturated rings. The molecule has 4 rings (SSSR count). The van der Waals surface area contributed by atoms with Gasteiger partial charge in [-0.2, -0.15) is 0 Å². The highest BCUT2D eigenvalue weighted by molar-refractivity contribution is 5.95. The zero-order valence-electron chi connectivity index (χ0n) is 13.7. The molecule has 0 spiro atoms. The van der Waals surface area contributed by atoms with Crippen LogP contribution < -0.4 is 14.8 Å². The molecule has 6 nitrogen and oxygen atoms in total. The fourth-order valence-corrected chi connectivity index (χ4v) is 3.08. The van der Waals surface area contributed by atoms with Gasteiger partial charge in [-0.25, -0.2) is 0 Å². The van der Waals surface area contributed by atoms with Crippen LogP contribution >= 0.6 is 0 Å². The lowest BCUT2D eigenvalue weighted by Gasteiger charge is -2.11. The Morgan fingerprint density at radius 2 is 2.04 bits per heavy atom. The van der Waals surface area contributed by atoms with Crippen LogP contribution in [0, 0.1) is 0 Å². The third-order valence-corrected chi connectivity index (χ3v) is 4.38. The number of nitrogens with one attached hydrogen (secondary N) is 1. The lowest BCUT2D eigenvalue weighted by Crippen LogP contribution is -2.28. The minimum Gasteiger partial charge on any atom is -0.454 e. The van der Waals surface area contributed by atoms with Gasteiger partial charge >= 0.3 is 0 Å². The van der Waals surface area contributed by atoms with Crippen LogP contribution in [0.15, 0.2) is 48.7 Å². The van der Waals surface area contributed by atoms with E-state index < -0.39 is 6.10 Å². The van der Waals surface area contributed by atoms with Gasteiger partial charge in [0.25, 0.3) is 5.91 Å². The summed E-state index contributed by atoms with van der Waals surface area (Å²) in [5.41, 5.74) is 2.30. The van der Waals surface area contributed by atoms with Crippen molar-refractivity contribution in [2.45, 2.75) is 6.10 Å². The van der Waals surface area contributed by atoms with Gasteiger partial charge in [-0.15, -0.1) is 0 Å². The van der Waals surface area contributed by atoms with Crippen molar-refractivity contribution >= 4 is 16.8 Å². The van der Waals surface area contributed by atoms with E-state index in [4.69, 9.17) is 9.47 Å². The summed E-state index contributed by atoms with van der Waals surface area (Å²) < 4.78 is 12.5. The van der Waals surface area contributed by atoms with Crippen molar-refractivity contribution in [2.75, 3.05) is 13.3 Å². The summed E-state index contributed by atoms with van der Waals surface area (Å²) in [5.74, 6) is 0.923. The molecule has 0 radical (unpaired) electrons. The Kier molecular flexibility index (Phi) is 3.82. The molecule has 0 aliphatic carbocycles. The van der Waals surface area contributed by atoms with E-state index in [0.717, 1.165) is 16.5 Å². The Hall–Kier alpha value is -2.99. The first-order valence-corrected chi connectivity index (χ1v) is 8.03. The Balaban J connectivity index is 1.48. The first-order chi connectivity index (χ1) is 12.1. The van der Waals surface area contributed by atoms with Crippen molar-refractivity contribution in [3.63, 3.8) is 0 Å². The summed E-state index contributed by atoms with van der Waals surface area (Å²) in [5, 5.41) is 14.3. The summed E-state index contributed by atoms with van der Waals surface area (Å²) in [4.78, 5) is 12.3. The van der Waals surface area contributed by atoms with E-state index in [1.165, 1.54) is 0 Å². The first kappa shape index (κ1) is 15.5. The van der Waals surface area contributed by atoms with Crippen molar-refractivity contribution in [1.29, 1.82) is 0 Å². The summed E-state index contributed by atoms with van der Waals surface area (Å²) in [7, 11) is 1.93. The second-order valence-electron chi connectivity index (χ2n) is 6.01. The molecule has 1 amide bonds. The Morgan fingerprint density at radius 1 is 1.24 bits per heavy atom. The van der Waals surface area contributed by atoms with Crippen LogP contribution in [0.2, 0.25) is 0 Å². The van der Waals surface area contributed by atoms with Gasteiger partial charge in [0.1, 0.15) is 0 Å². The number of amides is 1. The molecule has 25 heavy (non-hydrogen) atoms. The number of aliphatic hydroxyl groups excluding tert-OH is 1. The van der Waals surface area contributed by atoms with Gasteiger partial charge < -0.3 is 24.5 Å². The largest absolute Gasteiger partial charge is 0.454 e. The minimum absolute atomic E-state index is 0.126. The van der Waals surface area contributed by atoms with Gasteiger partial charge in [-0.05, 0) is 24.3 Å². The Labute approximate surface area is 144 Å². The number of hydrogen-bond acceptors (Lipinski definition) is 4. The van der Waals surface area contributed by atoms with Gasteiger partial charge in [-0.3, -0.25) is 4.79 Å². The van der Waals surface area contributed by atoms with Gasteiger partial charge in [0.05, 0.1) is 6.10 Å². The third kappa shape index (κ3) is 2.81. The molecule has 1 atom stereocenters. The number of carbonyl (C=O) groups excluding carboxylic acids is 1. The number of rotatable bonds is 4. The van der Waals surface area contributed by atoms with Gasteiger partial charge in [-0.1, -0.05) is 18.2 Å². The average molecular weight is 338 g/mol. The summed E-state index contributed by atoms with van der Waals surface area (Å²) in [6.45, 7) is 0.293. The van der Waals surface area contributed by atoms with Crippen molar-refractivity contribution in [2.24, 2.45) is 7.05 Å². The topological polar surface area (TPSA) is 72.7 Å². The number of fused-ring (bicyclic) bond motifs is 2. The molecular weight excluding hydrogens is 320 g/mol. The van der Waals surface area contributed by atoms with Crippen molar-refractivity contribution in [1.82, 2.24) is 9.88 Å². The molecule has 2 N–H and O–H groups in total. The minimum atomic E-state index is -0.788. The van der Waals surface area contributed by atoms with Crippen LogP contribution in [0.4, 0.5) is 0 Å². The fourth-order valence-electron chi connectivity index (χ4n) is 3.08. The van der Waals surface area contributed by atoms with Crippen LogP contribution in [0.25, 0.3) is 10.9 Å². The zero-order valence-corrected chi connectivity index (χ0v) is 13.7. The number of nitrogens with zero attached hydrogens (tertiary/aromatic N) is 1. The van der Waals surface area contributed by atoms with Crippen LogP contribution in [-0.2, 0) is 7.05 Å². The third-order valence-electron chi connectivity index (χ3n) is 4.38. The number of ether oxygens (including phenoxy) is 2. The lowest BCUT2D eigenvalue weighted by atomic mass is 10.1. The molecular formula is C19H18N2O4. The average Bonchev–Trinajstić information content (AvgIpc) is 3.23. The smallest absolute Gasteiger partial charge is 0.251 e. The standard InChI is InChI=1S/C19H18N2O4/c1-21-10-14(13-4-2-3-5-15(13)21)16(22)9-20-19(23)12-6-7-17-18(8-12)25-11-24-17/h2-8,10,16,22H,9,11H2,1H3,(H,20,23). The molecule has 1 aliphatic rings. The number of aryl methyl sites for hydroxylation is 1. The SMILES string of the molecule is Cn1cc(C(O)CNC(=O)c2ccc3c(c2)OCO3)c2ccccc21. The number of hydrogen-bond donors (Lipinski definition) is 2. The number of para-hydroxylation sites is 1. The molecule has 0 saturated carbocycles. The maximum atomic E-state index is 12.3. The highest BCUT2D eigenvalue weighted by atomic mass is 16.7. The Bertz CT molecular complexity index is 948. The van der Waals surface area contributed by atoms with Crippen LogP contribution in [-0.4, -0.2) is 28.9 Å². The quantitative estimate of drug-likeness (QED) is 0.766. The zero-order chi connectivity index (χ0) is 17.4. The van der Waals surface area contributed by atoms with Gasteiger partial charge in [0, 0.05) is 41.8 Å². The normalized spacial score (nSPS) is 13.8. The number of carbonyl (C=O) groups is 1. The monoisotopic (exact) mass is 338 g/mol. The molecule has 3 aromatic rings. The van der Waals surface area contributed by atoms with Crippen LogP contribution in [0.5, 0.6) is 11.5 Å². The van der Waals surface area contributed by atoms with E-state index in [9.17, 15) is 9.90 Å². The Morgan fingerprint density at radius 3 is 2.92 bits per heavy atom. The highest BCUT2D eigenvalue weighted by Crippen LogP contribution is 2.32. The van der Waals surface area contributed by atoms with Crippen LogP contribution in [0.3, 0.4) is 0 Å². The number of aromatic nitrogens is 1.